The Morgan fingerprint density at radius 3 is 1.38 bits per heavy atom. The van der Waals surface area contributed by atoms with E-state index in [0.717, 1.165) is 0 Å². The van der Waals surface area contributed by atoms with Crippen LogP contribution in [0, 0.1) is 0 Å². The van der Waals surface area contributed by atoms with Crippen molar-refractivity contribution in [2.45, 2.75) is 10.8 Å². The molecular formula is C54H33N. The first-order valence-electron chi connectivity index (χ1n) is 19.4. The van der Waals surface area contributed by atoms with Gasteiger partial charge in [-0.3, -0.25) is 0 Å². The minimum Gasteiger partial charge on any atom is -0.309 e. The van der Waals surface area contributed by atoms with Crippen LogP contribution < -0.4 is 0 Å². The van der Waals surface area contributed by atoms with Crippen LogP contribution in [0.3, 0.4) is 0 Å². The number of para-hydroxylation sites is 1. The summed E-state index contributed by atoms with van der Waals surface area (Å²) in [7, 11) is 0. The fourth-order valence-electron chi connectivity index (χ4n) is 11.4. The molecule has 0 atom stereocenters. The predicted molar refractivity (Wildman–Crippen MR) is 226 cm³/mol. The number of aromatic nitrogens is 1. The normalized spacial score (nSPS) is 14.8. The number of hydrogen-bond donors (Lipinski definition) is 0. The number of benzene rings is 9. The van der Waals surface area contributed by atoms with Gasteiger partial charge in [0.25, 0.3) is 0 Å². The standard InChI is InChI=1S/C54H33N/c1-2-18-35-34(16-1)17-15-31-48(35)55-49-30-14-6-22-39(49)52-50(55)33-32-47-51(52)38-21-5-9-25-42(38)54(47)45-28-12-10-26-43(45)53(44-27-11-13-29-46(44)54)40-23-7-3-19-36(40)37-20-4-8-24-41(37)53/h1-33H. The van der Waals surface area contributed by atoms with Crippen molar-refractivity contribution >= 4 is 32.6 Å². The molecule has 55 heavy (non-hydrogen) atoms. The van der Waals surface area contributed by atoms with Crippen LogP contribution in [0.1, 0.15) is 44.5 Å². The molecule has 2 spiro atoms. The van der Waals surface area contributed by atoms with E-state index >= 15 is 0 Å². The van der Waals surface area contributed by atoms with Crippen molar-refractivity contribution in [2.75, 3.05) is 0 Å². The van der Waals surface area contributed by atoms with Crippen LogP contribution in [-0.4, -0.2) is 4.57 Å². The third-order valence-electron chi connectivity index (χ3n) is 13.3. The smallest absolute Gasteiger partial charge is 0.0720 e. The molecule has 3 aliphatic carbocycles. The molecule has 3 aliphatic rings. The molecule has 1 heterocycles. The largest absolute Gasteiger partial charge is 0.309 e. The van der Waals surface area contributed by atoms with Crippen LogP contribution >= 0.6 is 0 Å². The van der Waals surface area contributed by atoms with E-state index in [-0.39, 0.29) is 0 Å². The highest BCUT2D eigenvalue weighted by Gasteiger charge is 2.59. The number of rotatable bonds is 1. The fraction of sp³-hybridized carbons (Fsp3) is 0.0370. The third kappa shape index (κ3) is 3.34. The highest BCUT2D eigenvalue weighted by Crippen LogP contribution is 2.68. The van der Waals surface area contributed by atoms with E-state index in [1.54, 1.807) is 0 Å². The number of nitrogens with zero attached hydrogens (tertiary/aromatic N) is 1. The van der Waals surface area contributed by atoms with Crippen LogP contribution in [0.2, 0.25) is 0 Å². The topological polar surface area (TPSA) is 4.93 Å². The first-order chi connectivity index (χ1) is 27.3. The average molecular weight is 696 g/mol. The second-order valence-corrected chi connectivity index (χ2v) is 15.5. The van der Waals surface area contributed by atoms with Crippen LogP contribution in [0.4, 0.5) is 0 Å². The lowest BCUT2D eigenvalue weighted by atomic mass is 9.52. The summed E-state index contributed by atoms with van der Waals surface area (Å²) in [6.45, 7) is 0. The summed E-state index contributed by atoms with van der Waals surface area (Å²) >= 11 is 0. The van der Waals surface area contributed by atoms with Crippen LogP contribution in [0.5, 0.6) is 0 Å². The Morgan fingerprint density at radius 1 is 0.291 bits per heavy atom. The molecule has 13 rings (SSSR count). The van der Waals surface area contributed by atoms with E-state index in [1.165, 1.54) is 105 Å². The van der Waals surface area contributed by atoms with Crippen LogP contribution in [0.15, 0.2) is 200 Å². The second-order valence-electron chi connectivity index (χ2n) is 15.5. The molecule has 1 heteroatoms. The van der Waals surface area contributed by atoms with Crippen LogP contribution in [0.25, 0.3) is 60.5 Å². The fourth-order valence-corrected chi connectivity index (χ4v) is 11.4. The number of hydrogen-bond acceptors (Lipinski definition) is 0. The van der Waals surface area contributed by atoms with Gasteiger partial charge in [-0.25, -0.2) is 0 Å². The molecule has 0 bridgehead atoms. The Balaban J connectivity index is 1.21. The lowest BCUT2D eigenvalue weighted by molar-refractivity contribution is 0.633. The van der Waals surface area contributed by atoms with Crippen molar-refractivity contribution in [3.05, 3.63) is 245 Å². The Morgan fingerprint density at radius 2 is 0.745 bits per heavy atom. The van der Waals surface area contributed by atoms with Gasteiger partial charge in [0, 0.05) is 16.2 Å². The van der Waals surface area contributed by atoms with Crippen molar-refractivity contribution in [3.8, 4) is 27.9 Å². The number of fused-ring (bicyclic) bond motifs is 21. The van der Waals surface area contributed by atoms with Crippen LogP contribution in [-0.2, 0) is 10.8 Å². The molecule has 0 aliphatic heterocycles. The Labute approximate surface area is 319 Å². The molecule has 1 aromatic heterocycles. The Hall–Kier alpha value is -6.96. The minimum atomic E-state index is -0.520. The zero-order chi connectivity index (χ0) is 35.9. The summed E-state index contributed by atoms with van der Waals surface area (Å²) in [6.07, 6.45) is 0. The van der Waals surface area contributed by atoms with E-state index in [2.05, 4.69) is 205 Å². The Bertz CT molecular complexity index is 3180. The van der Waals surface area contributed by atoms with Gasteiger partial charge in [-0.15, -0.1) is 0 Å². The predicted octanol–water partition coefficient (Wildman–Crippen LogP) is 13.0. The van der Waals surface area contributed by atoms with Gasteiger partial charge in [0.05, 0.1) is 27.6 Å². The van der Waals surface area contributed by atoms with Crippen molar-refractivity contribution < 1.29 is 0 Å². The molecule has 0 fully saturated rings. The highest BCUT2D eigenvalue weighted by molar-refractivity contribution is 6.19. The summed E-state index contributed by atoms with van der Waals surface area (Å²) in [4.78, 5) is 0. The quantitative estimate of drug-likeness (QED) is 0.161. The Kier molecular flexibility index (Phi) is 5.56. The molecule has 0 unspecified atom stereocenters. The van der Waals surface area contributed by atoms with Gasteiger partial charge in [-0.05, 0) is 90.3 Å². The van der Waals surface area contributed by atoms with E-state index in [0.29, 0.717) is 0 Å². The summed E-state index contributed by atoms with van der Waals surface area (Å²) in [5.41, 5.74) is 18.9. The van der Waals surface area contributed by atoms with Crippen molar-refractivity contribution in [3.63, 3.8) is 0 Å². The van der Waals surface area contributed by atoms with Crippen molar-refractivity contribution in [1.29, 1.82) is 0 Å². The van der Waals surface area contributed by atoms with Gasteiger partial charge in [0.15, 0.2) is 0 Å². The zero-order valence-corrected chi connectivity index (χ0v) is 30.0. The summed E-state index contributed by atoms with van der Waals surface area (Å²) in [6, 6.07) is 75.6. The molecule has 0 N–H and O–H groups in total. The van der Waals surface area contributed by atoms with Gasteiger partial charge in [0.1, 0.15) is 0 Å². The molecule has 1 nitrogen and oxygen atoms in total. The first-order valence-corrected chi connectivity index (χ1v) is 19.4. The monoisotopic (exact) mass is 695 g/mol. The molecule has 10 aromatic rings. The average Bonchev–Trinajstić information content (AvgIpc) is 3.86. The van der Waals surface area contributed by atoms with Gasteiger partial charge in [0.2, 0.25) is 0 Å². The SMILES string of the molecule is c1ccc2c(c1)-c1ccccc1C21c2ccccc2C2(c3ccccc3-c3c2ccc2c3c3ccccc3n2-c2cccc3ccccc23)c2ccccc21. The summed E-state index contributed by atoms with van der Waals surface area (Å²) < 4.78 is 2.50. The highest BCUT2D eigenvalue weighted by atomic mass is 15.0. The first kappa shape index (κ1) is 29.5. The molecule has 0 saturated carbocycles. The van der Waals surface area contributed by atoms with E-state index in [1.807, 2.05) is 0 Å². The van der Waals surface area contributed by atoms with Crippen molar-refractivity contribution in [1.82, 2.24) is 4.57 Å². The third-order valence-corrected chi connectivity index (χ3v) is 13.3. The maximum Gasteiger partial charge on any atom is 0.0720 e. The summed E-state index contributed by atoms with van der Waals surface area (Å²) in [5.74, 6) is 0. The zero-order valence-electron chi connectivity index (χ0n) is 30.0. The van der Waals surface area contributed by atoms with Gasteiger partial charge >= 0.3 is 0 Å². The molecule has 9 aromatic carbocycles. The molecule has 0 saturated heterocycles. The molecule has 0 radical (unpaired) electrons. The van der Waals surface area contributed by atoms with E-state index in [4.69, 9.17) is 0 Å². The lowest BCUT2D eigenvalue weighted by Crippen LogP contribution is -2.43. The van der Waals surface area contributed by atoms with Gasteiger partial charge in [-0.2, -0.15) is 0 Å². The second kappa shape index (κ2) is 10.4. The summed E-state index contributed by atoms with van der Waals surface area (Å²) in [5, 5.41) is 5.09. The minimum absolute atomic E-state index is 0.447. The van der Waals surface area contributed by atoms with E-state index < -0.39 is 10.8 Å². The van der Waals surface area contributed by atoms with E-state index in [9.17, 15) is 0 Å². The van der Waals surface area contributed by atoms with Gasteiger partial charge in [-0.1, -0.05) is 182 Å². The van der Waals surface area contributed by atoms with Crippen molar-refractivity contribution in [2.24, 2.45) is 0 Å². The maximum absolute atomic E-state index is 2.50. The lowest BCUT2D eigenvalue weighted by Gasteiger charge is -2.48. The maximum atomic E-state index is 2.50. The molecule has 0 amide bonds. The van der Waals surface area contributed by atoms with Gasteiger partial charge < -0.3 is 4.57 Å². The molecular weight excluding hydrogens is 663 g/mol. The molecule has 254 valence electrons.